The number of hydrogen-bond acceptors (Lipinski definition) is 4. The van der Waals surface area contributed by atoms with Crippen LogP contribution in [0.1, 0.15) is 25.8 Å². The second-order valence-electron chi connectivity index (χ2n) is 4.23. The van der Waals surface area contributed by atoms with Crippen LogP contribution in [0.3, 0.4) is 0 Å². The molecular weight excluding hydrogens is 316 g/mol. The van der Waals surface area contributed by atoms with Crippen molar-refractivity contribution >= 4 is 33.3 Å². The van der Waals surface area contributed by atoms with Gasteiger partial charge >= 0.3 is 5.97 Å². The molecule has 0 radical (unpaired) electrons. The first-order valence-electron chi connectivity index (χ1n) is 5.80. The highest BCUT2D eigenvalue weighted by molar-refractivity contribution is 9.10. The Morgan fingerprint density at radius 2 is 2.21 bits per heavy atom. The number of hydrogen-bond donors (Lipinski definition) is 2. The molecule has 104 valence electrons. The van der Waals surface area contributed by atoms with Gasteiger partial charge in [-0.2, -0.15) is 0 Å². The molecule has 0 fully saturated rings. The number of carboxylic acids is 1. The zero-order valence-corrected chi connectivity index (χ0v) is 12.2. The Kier molecular flexibility index (Phi) is 5.29. The molecule has 7 heteroatoms. The summed E-state index contributed by atoms with van der Waals surface area (Å²) in [5.74, 6) is -0.955. The van der Waals surface area contributed by atoms with Crippen molar-refractivity contribution in [3.63, 3.8) is 0 Å². The molecule has 0 unspecified atom stereocenters. The molecule has 0 aliphatic rings. The third-order valence-corrected chi connectivity index (χ3v) is 3.23. The molecule has 0 aliphatic carbocycles. The van der Waals surface area contributed by atoms with E-state index >= 15 is 0 Å². The van der Waals surface area contributed by atoms with Gasteiger partial charge in [0, 0.05) is 16.6 Å². The van der Waals surface area contributed by atoms with Gasteiger partial charge in [0.05, 0.1) is 11.3 Å². The predicted octanol–water partition coefficient (Wildman–Crippen LogP) is 3.19. The molecule has 19 heavy (non-hydrogen) atoms. The van der Waals surface area contributed by atoms with Gasteiger partial charge in [-0.3, -0.25) is 14.9 Å². The van der Waals surface area contributed by atoms with Crippen molar-refractivity contribution < 1.29 is 14.8 Å². The number of nitro groups is 1. The van der Waals surface area contributed by atoms with Crippen molar-refractivity contribution in [2.75, 3.05) is 5.32 Å². The lowest BCUT2D eigenvalue weighted by atomic mass is 10.1. The van der Waals surface area contributed by atoms with Crippen LogP contribution >= 0.6 is 15.9 Å². The Bertz CT molecular complexity index is 505. The number of nitrogens with zero attached hydrogens (tertiary/aromatic N) is 1. The first-order chi connectivity index (χ1) is 8.85. The number of benzene rings is 1. The molecule has 0 heterocycles. The molecule has 1 aromatic carbocycles. The molecule has 2 N–H and O–H groups in total. The van der Waals surface area contributed by atoms with Gasteiger partial charge in [0.2, 0.25) is 0 Å². The normalized spacial score (nSPS) is 11.9. The second kappa shape index (κ2) is 6.51. The summed E-state index contributed by atoms with van der Waals surface area (Å²) in [6.07, 6.45) is 0.573. The van der Waals surface area contributed by atoms with Gasteiger partial charge < -0.3 is 10.4 Å². The molecule has 1 atom stereocenters. The molecule has 1 aromatic rings. The summed E-state index contributed by atoms with van der Waals surface area (Å²) in [5.41, 5.74) is 1.11. The molecule has 0 aromatic heterocycles. The summed E-state index contributed by atoms with van der Waals surface area (Å²) >= 11 is 3.29. The summed E-state index contributed by atoms with van der Waals surface area (Å²) in [6, 6.07) is 2.89. The van der Waals surface area contributed by atoms with Crippen molar-refractivity contribution in [1.29, 1.82) is 0 Å². The predicted molar refractivity (Wildman–Crippen MR) is 75.5 cm³/mol. The van der Waals surface area contributed by atoms with Crippen molar-refractivity contribution in [3.8, 4) is 0 Å². The maximum absolute atomic E-state index is 11.1. The highest BCUT2D eigenvalue weighted by atomic mass is 79.9. The summed E-state index contributed by atoms with van der Waals surface area (Å²) in [4.78, 5) is 21.2. The number of carboxylic acid groups (broad SMARTS) is 1. The molecule has 1 rings (SSSR count). The molecular formula is C12H15BrN2O4. The van der Waals surface area contributed by atoms with E-state index in [1.54, 1.807) is 13.0 Å². The van der Waals surface area contributed by atoms with Crippen LogP contribution in [-0.4, -0.2) is 22.0 Å². The summed E-state index contributed by atoms with van der Waals surface area (Å²) < 4.78 is 0.566. The Labute approximate surface area is 119 Å². The van der Waals surface area contributed by atoms with Crippen LogP contribution in [0.25, 0.3) is 0 Å². The Hall–Kier alpha value is -1.63. The molecule has 0 amide bonds. The van der Waals surface area contributed by atoms with Gasteiger partial charge in [0.25, 0.3) is 5.69 Å². The number of halogens is 1. The number of rotatable bonds is 6. The number of nitro benzene ring substituents is 1. The fourth-order valence-corrected chi connectivity index (χ4v) is 2.31. The van der Waals surface area contributed by atoms with E-state index in [4.69, 9.17) is 5.11 Å². The molecule has 0 spiro atoms. The minimum Gasteiger partial charge on any atom is -0.481 e. The highest BCUT2D eigenvalue weighted by Crippen LogP contribution is 2.34. The monoisotopic (exact) mass is 330 g/mol. The van der Waals surface area contributed by atoms with E-state index in [9.17, 15) is 14.9 Å². The smallest absolute Gasteiger partial charge is 0.305 e. The van der Waals surface area contributed by atoms with E-state index in [0.717, 1.165) is 5.56 Å². The average Bonchev–Trinajstić information content (AvgIpc) is 2.29. The number of anilines is 1. The lowest BCUT2D eigenvalue weighted by Gasteiger charge is -2.15. The van der Waals surface area contributed by atoms with E-state index in [1.165, 1.54) is 6.07 Å². The van der Waals surface area contributed by atoms with Gasteiger partial charge in [-0.25, -0.2) is 0 Å². The van der Waals surface area contributed by atoms with E-state index in [2.05, 4.69) is 21.2 Å². The molecule has 0 aliphatic heterocycles. The van der Waals surface area contributed by atoms with Gasteiger partial charge in [-0.05, 0) is 40.9 Å². The van der Waals surface area contributed by atoms with Crippen LogP contribution < -0.4 is 5.32 Å². The number of carbonyl (C=O) groups is 1. The van der Waals surface area contributed by atoms with Crippen LogP contribution in [0.5, 0.6) is 0 Å². The van der Waals surface area contributed by atoms with Crippen LogP contribution in [0, 0.1) is 10.1 Å². The second-order valence-corrected chi connectivity index (χ2v) is 5.08. The SMILES string of the molecule is CCc1cc(Br)c(N[C@H](C)CC(=O)O)c([N+](=O)[O-])c1. The average molecular weight is 331 g/mol. The lowest BCUT2D eigenvalue weighted by Crippen LogP contribution is -2.20. The Balaban J connectivity index is 3.11. The summed E-state index contributed by atoms with van der Waals surface area (Å²) in [7, 11) is 0. The molecule has 0 saturated carbocycles. The van der Waals surface area contributed by atoms with E-state index < -0.39 is 16.9 Å². The Morgan fingerprint density at radius 1 is 1.58 bits per heavy atom. The van der Waals surface area contributed by atoms with Crippen molar-refractivity contribution in [2.45, 2.75) is 32.7 Å². The first kappa shape index (κ1) is 15.4. The largest absolute Gasteiger partial charge is 0.481 e. The fourth-order valence-electron chi connectivity index (χ4n) is 1.70. The van der Waals surface area contributed by atoms with Crippen LogP contribution in [0.4, 0.5) is 11.4 Å². The Morgan fingerprint density at radius 3 is 2.68 bits per heavy atom. The third kappa shape index (κ3) is 4.20. The summed E-state index contributed by atoms with van der Waals surface area (Å²) in [5, 5.41) is 22.7. The molecule has 0 bridgehead atoms. The van der Waals surface area contributed by atoms with Crippen LogP contribution in [0.2, 0.25) is 0 Å². The topological polar surface area (TPSA) is 92.5 Å². The molecule has 6 nitrogen and oxygen atoms in total. The highest BCUT2D eigenvalue weighted by Gasteiger charge is 2.20. The molecule has 0 saturated heterocycles. The van der Waals surface area contributed by atoms with Crippen molar-refractivity contribution in [1.82, 2.24) is 0 Å². The van der Waals surface area contributed by atoms with Crippen LogP contribution in [0.15, 0.2) is 16.6 Å². The number of nitrogens with one attached hydrogen (secondary N) is 1. The van der Waals surface area contributed by atoms with E-state index in [0.29, 0.717) is 16.6 Å². The lowest BCUT2D eigenvalue weighted by molar-refractivity contribution is -0.384. The maximum Gasteiger partial charge on any atom is 0.305 e. The van der Waals surface area contributed by atoms with Crippen molar-refractivity contribution in [2.24, 2.45) is 0 Å². The standard InChI is InChI=1S/C12H15BrN2O4/c1-3-8-5-9(13)12(10(6-8)15(18)19)14-7(2)4-11(16)17/h5-7,14H,3-4H2,1-2H3,(H,16,17)/t7-/m1/s1. The van der Waals surface area contributed by atoms with Gasteiger partial charge in [-0.15, -0.1) is 0 Å². The summed E-state index contributed by atoms with van der Waals surface area (Å²) in [6.45, 7) is 3.57. The van der Waals surface area contributed by atoms with Crippen LogP contribution in [-0.2, 0) is 11.2 Å². The van der Waals surface area contributed by atoms with E-state index in [-0.39, 0.29) is 12.1 Å². The first-order valence-corrected chi connectivity index (χ1v) is 6.59. The zero-order valence-electron chi connectivity index (χ0n) is 10.6. The van der Waals surface area contributed by atoms with Gasteiger partial charge in [0.1, 0.15) is 5.69 Å². The van der Waals surface area contributed by atoms with E-state index in [1.807, 2.05) is 6.92 Å². The fraction of sp³-hybridized carbons (Fsp3) is 0.417. The minimum absolute atomic E-state index is 0.0523. The zero-order chi connectivity index (χ0) is 14.6. The minimum atomic E-state index is -0.955. The quantitative estimate of drug-likeness (QED) is 0.617. The third-order valence-electron chi connectivity index (χ3n) is 2.61. The van der Waals surface area contributed by atoms with Gasteiger partial charge in [0.15, 0.2) is 0 Å². The number of aliphatic carboxylic acids is 1. The number of aryl methyl sites for hydroxylation is 1. The van der Waals surface area contributed by atoms with Gasteiger partial charge in [-0.1, -0.05) is 6.92 Å². The van der Waals surface area contributed by atoms with Crippen molar-refractivity contribution in [3.05, 3.63) is 32.3 Å². The maximum atomic E-state index is 11.1.